The number of hydrogen-bond acceptors (Lipinski definition) is 4. The van der Waals surface area contributed by atoms with E-state index < -0.39 is 0 Å². The van der Waals surface area contributed by atoms with Gasteiger partial charge >= 0.3 is 0 Å². The van der Waals surface area contributed by atoms with Crippen LogP contribution < -0.4 is 20.5 Å². The lowest BCUT2D eigenvalue weighted by molar-refractivity contribution is 0.0946. The predicted octanol–water partition coefficient (Wildman–Crippen LogP) is 1.27. The lowest BCUT2D eigenvalue weighted by Gasteiger charge is -2.15. The van der Waals surface area contributed by atoms with Crippen LogP contribution in [0.15, 0.2) is 18.2 Å². The van der Waals surface area contributed by atoms with Crippen molar-refractivity contribution >= 4 is 5.91 Å². The van der Waals surface area contributed by atoms with Crippen LogP contribution in [0.5, 0.6) is 11.5 Å². The van der Waals surface area contributed by atoms with Gasteiger partial charge in [0.2, 0.25) is 6.79 Å². The first kappa shape index (κ1) is 12.3. The van der Waals surface area contributed by atoms with Crippen LogP contribution in [0.25, 0.3) is 0 Å². The highest BCUT2D eigenvalue weighted by atomic mass is 16.7. The molecule has 1 aliphatic carbocycles. The smallest absolute Gasteiger partial charge is 0.251 e. The number of carbonyl (C=O) groups excluding carboxylic acids is 1. The van der Waals surface area contributed by atoms with Crippen molar-refractivity contribution in [2.75, 3.05) is 13.3 Å². The third kappa shape index (κ3) is 2.51. The maximum atomic E-state index is 12.1. The van der Waals surface area contributed by atoms with Crippen molar-refractivity contribution < 1.29 is 14.3 Å². The Bertz CT molecular complexity index is 490. The number of carbonyl (C=O) groups is 1. The van der Waals surface area contributed by atoms with Crippen LogP contribution >= 0.6 is 0 Å². The molecule has 1 heterocycles. The van der Waals surface area contributed by atoms with Gasteiger partial charge in [-0.25, -0.2) is 0 Å². The molecular weight excluding hydrogens is 244 g/mol. The van der Waals surface area contributed by atoms with Gasteiger partial charge in [-0.15, -0.1) is 0 Å². The van der Waals surface area contributed by atoms with Gasteiger partial charge in [0.1, 0.15) is 0 Å². The van der Waals surface area contributed by atoms with Gasteiger partial charge in [0, 0.05) is 18.2 Å². The molecule has 1 fully saturated rings. The second-order valence-corrected chi connectivity index (χ2v) is 5.13. The molecule has 0 aromatic heterocycles. The maximum absolute atomic E-state index is 12.1. The molecule has 0 saturated heterocycles. The van der Waals surface area contributed by atoms with Crippen molar-refractivity contribution in [1.82, 2.24) is 5.32 Å². The Balaban J connectivity index is 1.61. The molecule has 5 heteroatoms. The van der Waals surface area contributed by atoms with Crippen LogP contribution in [0.3, 0.4) is 0 Å². The van der Waals surface area contributed by atoms with E-state index in [1.165, 1.54) is 0 Å². The Kier molecular flexibility index (Phi) is 3.29. The van der Waals surface area contributed by atoms with E-state index in [9.17, 15) is 4.79 Å². The van der Waals surface area contributed by atoms with Crippen LogP contribution in [-0.4, -0.2) is 25.3 Å². The highest BCUT2D eigenvalue weighted by Gasteiger charge is 2.24. The predicted molar refractivity (Wildman–Crippen MR) is 70.2 cm³/mol. The quantitative estimate of drug-likeness (QED) is 0.860. The standard InChI is InChI=1S/C14H18N2O3/c15-11-3-1-2-10(11)7-16-14(17)9-4-5-12-13(6-9)19-8-18-12/h4-6,10-11H,1-3,7-8,15H2,(H,16,17). The summed E-state index contributed by atoms with van der Waals surface area (Å²) < 4.78 is 10.5. The van der Waals surface area contributed by atoms with Crippen molar-refractivity contribution in [2.45, 2.75) is 25.3 Å². The highest BCUT2D eigenvalue weighted by Crippen LogP contribution is 2.32. The van der Waals surface area contributed by atoms with E-state index >= 15 is 0 Å². The normalized spacial score (nSPS) is 24.5. The molecule has 19 heavy (non-hydrogen) atoms. The van der Waals surface area contributed by atoms with Crippen molar-refractivity contribution in [3.63, 3.8) is 0 Å². The van der Waals surface area contributed by atoms with Crippen molar-refractivity contribution in [3.05, 3.63) is 23.8 Å². The zero-order valence-electron chi connectivity index (χ0n) is 10.7. The Hall–Kier alpha value is -1.75. The van der Waals surface area contributed by atoms with Crippen LogP contribution in [0.1, 0.15) is 29.6 Å². The van der Waals surface area contributed by atoms with E-state index in [0.29, 0.717) is 29.5 Å². The summed E-state index contributed by atoms with van der Waals surface area (Å²) in [6.07, 6.45) is 3.32. The van der Waals surface area contributed by atoms with Gasteiger partial charge in [0.05, 0.1) is 0 Å². The Morgan fingerprint density at radius 2 is 2.16 bits per heavy atom. The van der Waals surface area contributed by atoms with Crippen molar-refractivity contribution in [2.24, 2.45) is 11.7 Å². The van der Waals surface area contributed by atoms with Crippen molar-refractivity contribution in [1.29, 1.82) is 0 Å². The van der Waals surface area contributed by atoms with Crippen molar-refractivity contribution in [3.8, 4) is 11.5 Å². The van der Waals surface area contributed by atoms with Gasteiger partial charge in [-0.2, -0.15) is 0 Å². The zero-order chi connectivity index (χ0) is 13.2. The fraction of sp³-hybridized carbons (Fsp3) is 0.500. The zero-order valence-corrected chi connectivity index (χ0v) is 10.7. The summed E-state index contributed by atoms with van der Waals surface area (Å²) >= 11 is 0. The van der Waals surface area contributed by atoms with Gasteiger partial charge in [-0.05, 0) is 37.0 Å². The molecule has 5 nitrogen and oxygen atoms in total. The fourth-order valence-electron chi connectivity index (χ4n) is 2.68. The summed E-state index contributed by atoms with van der Waals surface area (Å²) in [5.41, 5.74) is 6.58. The van der Waals surface area contributed by atoms with Gasteiger partial charge < -0.3 is 20.5 Å². The first-order valence-corrected chi connectivity index (χ1v) is 6.67. The first-order chi connectivity index (χ1) is 9.24. The number of rotatable bonds is 3. The average Bonchev–Trinajstić information content (AvgIpc) is 3.03. The van der Waals surface area contributed by atoms with Gasteiger partial charge in [0.15, 0.2) is 11.5 Å². The van der Waals surface area contributed by atoms with E-state index in [1.807, 2.05) is 0 Å². The first-order valence-electron chi connectivity index (χ1n) is 6.67. The van der Waals surface area contributed by atoms with Crippen LogP contribution in [0.2, 0.25) is 0 Å². The molecule has 3 rings (SSSR count). The molecule has 2 aliphatic rings. The maximum Gasteiger partial charge on any atom is 0.251 e. The molecule has 0 bridgehead atoms. The SMILES string of the molecule is NC1CCCC1CNC(=O)c1ccc2c(c1)OCO2. The number of hydrogen-bond donors (Lipinski definition) is 2. The summed E-state index contributed by atoms with van der Waals surface area (Å²) in [5, 5.41) is 2.95. The van der Waals surface area contributed by atoms with E-state index in [2.05, 4.69) is 5.32 Å². The molecule has 1 aromatic rings. The molecule has 102 valence electrons. The van der Waals surface area contributed by atoms with Crippen LogP contribution in [0.4, 0.5) is 0 Å². The summed E-state index contributed by atoms with van der Waals surface area (Å²) in [6.45, 7) is 0.867. The van der Waals surface area contributed by atoms with Gasteiger partial charge in [-0.1, -0.05) is 6.42 Å². The molecule has 3 N–H and O–H groups in total. The van der Waals surface area contributed by atoms with Gasteiger partial charge in [-0.3, -0.25) is 4.79 Å². The fourth-order valence-corrected chi connectivity index (χ4v) is 2.68. The molecule has 0 spiro atoms. The number of benzene rings is 1. The second kappa shape index (κ2) is 5.09. The van der Waals surface area contributed by atoms with E-state index in [-0.39, 0.29) is 18.7 Å². The van der Waals surface area contributed by atoms with Crippen LogP contribution in [0, 0.1) is 5.92 Å². The lowest BCUT2D eigenvalue weighted by Crippen LogP contribution is -2.35. The van der Waals surface area contributed by atoms with E-state index in [0.717, 1.165) is 19.3 Å². The molecule has 1 aliphatic heterocycles. The molecule has 1 amide bonds. The topological polar surface area (TPSA) is 73.6 Å². The molecule has 2 unspecified atom stereocenters. The molecular formula is C14H18N2O3. The molecule has 2 atom stereocenters. The number of ether oxygens (including phenoxy) is 2. The molecule has 1 saturated carbocycles. The highest BCUT2D eigenvalue weighted by molar-refractivity contribution is 5.94. The third-order valence-corrected chi connectivity index (χ3v) is 3.88. The van der Waals surface area contributed by atoms with Crippen LogP contribution in [-0.2, 0) is 0 Å². The Labute approximate surface area is 112 Å². The summed E-state index contributed by atoms with van der Waals surface area (Å²) in [6, 6.07) is 5.44. The second-order valence-electron chi connectivity index (χ2n) is 5.13. The minimum atomic E-state index is -0.0857. The van der Waals surface area contributed by atoms with E-state index in [4.69, 9.17) is 15.2 Å². The third-order valence-electron chi connectivity index (χ3n) is 3.88. The number of nitrogens with two attached hydrogens (primary N) is 1. The number of fused-ring (bicyclic) bond motifs is 1. The number of amides is 1. The minimum absolute atomic E-state index is 0.0857. The largest absolute Gasteiger partial charge is 0.454 e. The summed E-state index contributed by atoms with van der Waals surface area (Å²) in [7, 11) is 0. The van der Waals surface area contributed by atoms with E-state index in [1.54, 1.807) is 18.2 Å². The Morgan fingerprint density at radius 1 is 1.32 bits per heavy atom. The minimum Gasteiger partial charge on any atom is -0.454 e. The summed E-state index contributed by atoms with van der Waals surface area (Å²) in [4.78, 5) is 12.1. The lowest BCUT2D eigenvalue weighted by atomic mass is 10.0. The average molecular weight is 262 g/mol. The summed E-state index contributed by atoms with van der Waals surface area (Å²) in [5.74, 6) is 1.63. The Morgan fingerprint density at radius 3 is 2.95 bits per heavy atom. The molecule has 1 aromatic carbocycles. The number of nitrogens with one attached hydrogen (secondary N) is 1. The monoisotopic (exact) mass is 262 g/mol. The molecule has 0 radical (unpaired) electrons. The van der Waals surface area contributed by atoms with Gasteiger partial charge in [0.25, 0.3) is 5.91 Å².